The molecule has 5 heteroatoms. The Bertz CT molecular complexity index is 578. The third-order valence-corrected chi connectivity index (χ3v) is 5.15. The van der Waals surface area contributed by atoms with E-state index < -0.39 is 0 Å². The van der Waals surface area contributed by atoms with Gasteiger partial charge in [-0.15, -0.1) is 11.8 Å². The highest BCUT2D eigenvalue weighted by molar-refractivity contribution is 9.10. The van der Waals surface area contributed by atoms with Gasteiger partial charge in [0, 0.05) is 23.4 Å². The molecule has 0 atom stereocenters. The Kier molecular flexibility index (Phi) is 4.02. The molecule has 2 N–H and O–H groups in total. The van der Waals surface area contributed by atoms with Crippen molar-refractivity contribution in [1.82, 2.24) is 9.78 Å². The summed E-state index contributed by atoms with van der Waals surface area (Å²) in [5, 5.41) is 4.39. The summed E-state index contributed by atoms with van der Waals surface area (Å²) in [6.07, 6.45) is 0. The Labute approximate surface area is 120 Å². The first-order chi connectivity index (χ1) is 8.50. The number of halogens is 1. The molecule has 2 rings (SSSR count). The first-order valence-corrected chi connectivity index (χ1v) is 7.44. The normalized spacial score (nSPS) is 10.9. The van der Waals surface area contributed by atoms with Gasteiger partial charge in [0.25, 0.3) is 0 Å². The standard InChI is InChI=1S/C13H16BrN3S/c1-8-10(15)5-4-6-12(8)18-7-11-13(14)9(2)16-17(11)3/h4-6H,7,15H2,1-3H3. The predicted octanol–water partition coefficient (Wildman–Crippen LogP) is 3.67. The van der Waals surface area contributed by atoms with Gasteiger partial charge in [-0.2, -0.15) is 5.10 Å². The first kappa shape index (κ1) is 13.5. The van der Waals surface area contributed by atoms with Crippen molar-refractivity contribution in [3.63, 3.8) is 0 Å². The van der Waals surface area contributed by atoms with E-state index in [2.05, 4.69) is 34.0 Å². The van der Waals surface area contributed by atoms with Crippen LogP contribution in [0.15, 0.2) is 27.6 Å². The number of hydrogen-bond donors (Lipinski definition) is 1. The molecule has 18 heavy (non-hydrogen) atoms. The van der Waals surface area contributed by atoms with Crippen LogP contribution in [-0.2, 0) is 12.8 Å². The van der Waals surface area contributed by atoms with Crippen LogP contribution in [0, 0.1) is 13.8 Å². The van der Waals surface area contributed by atoms with E-state index in [1.54, 1.807) is 11.8 Å². The molecule has 0 aliphatic heterocycles. The van der Waals surface area contributed by atoms with E-state index in [0.717, 1.165) is 27.2 Å². The lowest BCUT2D eigenvalue weighted by Crippen LogP contribution is -1.97. The van der Waals surface area contributed by atoms with Crippen molar-refractivity contribution in [3.8, 4) is 0 Å². The van der Waals surface area contributed by atoms with Crippen molar-refractivity contribution >= 4 is 33.4 Å². The molecular weight excluding hydrogens is 310 g/mol. The number of aromatic nitrogens is 2. The van der Waals surface area contributed by atoms with Crippen molar-refractivity contribution in [1.29, 1.82) is 0 Å². The van der Waals surface area contributed by atoms with E-state index >= 15 is 0 Å². The summed E-state index contributed by atoms with van der Waals surface area (Å²) in [6, 6.07) is 6.03. The van der Waals surface area contributed by atoms with Gasteiger partial charge in [0.05, 0.1) is 15.9 Å². The molecule has 1 heterocycles. The van der Waals surface area contributed by atoms with E-state index in [0.29, 0.717) is 0 Å². The molecular formula is C13H16BrN3S. The molecule has 0 bridgehead atoms. The maximum Gasteiger partial charge on any atom is 0.0738 e. The maximum atomic E-state index is 5.91. The van der Waals surface area contributed by atoms with Crippen LogP contribution in [0.3, 0.4) is 0 Å². The number of anilines is 1. The van der Waals surface area contributed by atoms with Crippen molar-refractivity contribution in [2.24, 2.45) is 7.05 Å². The molecule has 0 aliphatic carbocycles. The Hall–Kier alpha value is -0.940. The first-order valence-electron chi connectivity index (χ1n) is 5.66. The lowest BCUT2D eigenvalue weighted by molar-refractivity contribution is 0.727. The number of rotatable bonds is 3. The lowest BCUT2D eigenvalue weighted by Gasteiger charge is -2.08. The summed E-state index contributed by atoms with van der Waals surface area (Å²) >= 11 is 5.37. The third kappa shape index (κ3) is 2.57. The van der Waals surface area contributed by atoms with E-state index in [9.17, 15) is 0 Å². The summed E-state index contributed by atoms with van der Waals surface area (Å²) in [5.41, 5.74) is 10.1. The number of thioether (sulfide) groups is 1. The van der Waals surface area contributed by atoms with Crippen LogP contribution < -0.4 is 5.73 Å². The van der Waals surface area contributed by atoms with E-state index in [1.807, 2.05) is 30.8 Å². The summed E-state index contributed by atoms with van der Waals surface area (Å²) in [7, 11) is 1.97. The third-order valence-electron chi connectivity index (χ3n) is 2.95. The van der Waals surface area contributed by atoms with Crippen LogP contribution in [0.2, 0.25) is 0 Å². The molecule has 3 nitrogen and oxygen atoms in total. The van der Waals surface area contributed by atoms with Crippen molar-refractivity contribution < 1.29 is 0 Å². The monoisotopic (exact) mass is 325 g/mol. The molecule has 0 unspecified atom stereocenters. The average Bonchev–Trinajstić information content (AvgIpc) is 2.56. The molecule has 1 aromatic heterocycles. The number of hydrogen-bond acceptors (Lipinski definition) is 3. The molecule has 0 aliphatic rings. The summed E-state index contributed by atoms with van der Waals surface area (Å²) in [4.78, 5) is 1.22. The number of nitrogen functional groups attached to an aromatic ring is 1. The molecule has 2 aromatic rings. The van der Waals surface area contributed by atoms with Crippen LogP contribution in [0.5, 0.6) is 0 Å². The van der Waals surface area contributed by atoms with Crippen LogP contribution in [-0.4, -0.2) is 9.78 Å². The van der Waals surface area contributed by atoms with Crippen LogP contribution in [0.1, 0.15) is 17.0 Å². The number of nitrogens with zero attached hydrogens (tertiary/aromatic N) is 2. The van der Waals surface area contributed by atoms with Gasteiger partial charge in [-0.05, 0) is 47.5 Å². The number of nitrogens with two attached hydrogens (primary N) is 1. The SMILES string of the molecule is Cc1nn(C)c(CSc2cccc(N)c2C)c1Br. The van der Waals surface area contributed by atoms with Gasteiger partial charge in [0.1, 0.15) is 0 Å². The minimum Gasteiger partial charge on any atom is -0.398 e. The van der Waals surface area contributed by atoms with Gasteiger partial charge in [-0.25, -0.2) is 0 Å². The second-order valence-electron chi connectivity index (χ2n) is 4.23. The zero-order valence-electron chi connectivity index (χ0n) is 10.7. The van der Waals surface area contributed by atoms with E-state index in [4.69, 9.17) is 5.73 Å². The van der Waals surface area contributed by atoms with Gasteiger partial charge < -0.3 is 5.73 Å². The highest BCUT2D eigenvalue weighted by atomic mass is 79.9. The van der Waals surface area contributed by atoms with Gasteiger partial charge in [-0.3, -0.25) is 4.68 Å². The molecule has 0 amide bonds. The zero-order chi connectivity index (χ0) is 13.3. The average molecular weight is 326 g/mol. The quantitative estimate of drug-likeness (QED) is 0.691. The van der Waals surface area contributed by atoms with Gasteiger partial charge in [0.15, 0.2) is 0 Å². The smallest absolute Gasteiger partial charge is 0.0738 e. The number of benzene rings is 1. The second-order valence-corrected chi connectivity index (χ2v) is 6.04. The van der Waals surface area contributed by atoms with E-state index in [-0.39, 0.29) is 0 Å². The fourth-order valence-electron chi connectivity index (χ4n) is 1.77. The molecule has 0 radical (unpaired) electrons. The molecule has 0 saturated heterocycles. The summed E-state index contributed by atoms with van der Waals surface area (Å²) < 4.78 is 3.02. The minimum atomic E-state index is 0.847. The zero-order valence-corrected chi connectivity index (χ0v) is 13.1. The molecule has 0 fully saturated rings. The fraction of sp³-hybridized carbons (Fsp3) is 0.308. The molecule has 0 spiro atoms. The van der Waals surface area contributed by atoms with Crippen LogP contribution in [0.4, 0.5) is 5.69 Å². The van der Waals surface area contributed by atoms with Gasteiger partial charge in [0.2, 0.25) is 0 Å². The molecule has 1 aromatic carbocycles. The summed E-state index contributed by atoms with van der Waals surface area (Å²) in [6.45, 7) is 4.06. The van der Waals surface area contributed by atoms with Crippen LogP contribution in [0.25, 0.3) is 0 Å². The van der Waals surface area contributed by atoms with Crippen molar-refractivity contribution in [3.05, 3.63) is 39.6 Å². The second kappa shape index (κ2) is 5.36. The van der Waals surface area contributed by atoms with Gasteiger partial charge >= 0.3 is 0 Å². The highest BCUT2D eigenvalue weighted by Crippen LogP contribution is 2.31. The lowest BCUT2D eigenvalue weighted by atomic mass is 10.2. The largest absolute Gasteiger partial charge is 0.398 e. The minimum absolute atomic E-state index is 0.847. The van der Waals surface area contributed by atoms with Crippen molar-refractivity contribution in [2.75, 3.05) is 5.73 Å². The highest BCUT2D eigenvalue weighted by Gasteiger charge is 2.11. The molecule has 96 valence electrons. The molecule has 0 saturated carbocycles. The Morgan fingerprint density at radius 3 is 2.72 bits per heavy atom. The van der Waals surface area contributed by atoms with Gasteiger partial charge in [-0.1, -0.05) is 6.07 Å². The van der Waals surface area contributed by atoms with Crippen LogP contribution >= 0.6 is 27.7 Å². The van der Waals surface area contributed by atoms with Crippen molar-refractivity contribution in [2.45, 2.75) is 24.5 Å². The fourth-order valence-corrected chi connectivity index (χ4v) is 3.57. The van der Waals surface area contributed by atoms with E-state index in [1.165, 1.54) is 10.6 Å². The predicted molar refractivity (Wildman–Crippen MR) is 80.8 cm³/mol. The Morgan fingerprint density at radius 2 is 2.11 bits per heavy atom. The Morgan fingerprint density at radius 1 is 1.39 bits per heavy atom. The number of aryl methyl sites for hydroxylation is 2. The maximum absolute atomic E-state index is 5.91. The summed E-state index contributed by atoms with van der Waals surface area (Å²) in [5.74, 6) is 0.877. The topological polar surface area (TPSA) is 43.8 Å². The Balaban J connectivity index is 2.19.